The number of aliphatic hydroxyl groups excluding tert-OH is 1. The third-order valence-electron chi connectivity index (χ3n) is 2.63. The molecule has 0 aromatic carbocycles. The molecule has 5 nitrogen and oxygen atoms in total. The number of hydrogen-bond donors (Lipinski definition) is 2. The predicted molar refractivity (Wildman–Crippen MR) is 56.6 cm³/mol. The summed E-state index contributed by atoms with van der Waals surface area (Å²) in [4.78, 5) is 13.2. The molecule has 1 heterocycles. The highest BCUT2D eigenvalue weighted by Crippen LogP contribution is 2.12. The maximum Gasteiger partial charge on any atom is 0.233 e. The molecule has 0 aromatic heterocycles. The lowest BCUT2D eigenvalue weighted by molar-refractivity contribution is -0.122. The highest BCUT2D eigenvalue weighted by atomic mass is 16.5. The van der Waals surface area contributed by atoms with Gasteiger partial charge < -0.3 is 15.2 Å². The number of hydrogen-bond acceptors (Lipinski definition) is 4. The Labute approximate surface area is 90.4 Å². The average molecular weight is 216 g/mol. The fourth-order valence-electron chi connectivity index (χ4n) is 1.74. The third-order valence-corrected chi connectivity index (χ3v) is 2.63. The molecule has 1 aliphatic rings. The predicted octanol–water partition coefficient (Wildman–Crippen LogP) is -0.794. The number of carbonyl (C=O) groups is 1. The summed E-state index contributed by atoms with van der Waals surface area (Å²) >= 11 is 0. The van der Waals surface area contributed by atoms with Crippen LogP contribution in [-0.2, 0) is 9.53 Å². The normalized spacial score (nSPS) is 19.1. The van der Waals surface area contributed by atoms with Crippen LogP contribution in [0.3, 0.4) is 0 Å². The zero-order valence-electron chi connectivity index (χ0n) is 9.24. The number of nitrogens with zero attached hydrogens (tertiary/aromatic N) is 1. The van der Waals surface area contributed by atoms with Gasteiger partial charge in [-0.3, -0.25) is 9.69 Å². The van der Waals surface area contributed by atoms with Gasteiger partial charge in [0.1, 0.15) is 0 Å². The number of aliphatic hydroxyl groups is 1. The van der Waals surface area contributed by atoms with Gasteiger partial charge in [0, 0.05) is 20.1 Å². The van der Waals surface area contributed by atoms with Crippen molar-refractivity contribution in [3.05, 3.63) is 0 Å². The fraction of sp³-hybridized carbons (Fsp3) is 0.900. The Hall–Kier alpha value is -0.650. The first-order chi connectivity index (χ1) is 7.26. The van der Waals surface area contributed by atoms with Gasteiger partial charge in [-0.15, -0.1) is 0 Å². The molecular weight excluding hydrogens is 196 g/mol. The Bertz CT molecular complexity index is 191. The molecule has 0 spiro atoms. The zero-order valence-corrected chi connectivity index (χ0v) is 9.24. The van der Waals surface area contributed by atoms with Gasteiger partial charge in [-0.25, -0.2) is 0 Å². The maximum absolute atomic E-state index is 11.1. The van der Waals surface area contributed by atoms with Gasteiger partial charge in [0.2, 0.25) is 5.91 Å². The molecule has 0 aromatic rings. The molecule has 15 heavy (non-hydrogen) atoms. The molecular formula is C10H20N2O3. The largest absolute Gasteiger partial charge is 0.394 e. The van der Waals surface area contributed by atoms with Crippen molar-refractivity contribution >= 4 is 5.91 Å². The van der Waals surface area contributed by atoms with Crippen LogP contribution in [0.25, 0.3) is 0 Å². The van der Waals surface area contributed by atoms with E-state index >= 15 is 0 Å². The highest BCUT2D eigenvalue weighted by molar-refractivity contribution is 5.77. The molecule has 1 aliphatic heterocycles. The van der Waals surface area contributed by atoms with E-state index < -0.39 is 0 Å². The summed E-state index contributed by atoms with van der Waals surface area (Å²) in [5.74, 6) is 0.0599. The van der Waals surface area contributed by atoms with Crippen LogP contribution in [0.4, 0.5) is 0 Å². The second-order valence-corrected chi connectivity index (χ2v) is 3.74. The third kappa shape index (κ3) is 4.59. The van der Waals surface area contributed by atoms with Crippen LogP contribution in [0, 0.1) is 0 Å². The van der Waals surface area contributed by atoms with E-state index in [-0.39, 0.29) is 18.6 Å². The fourth-order valence-corrected chi connectivity index (χ4v) is 1.74. The molecule has 88 valence electrons. The molecule has 1 amide bonds. The molecule has 0 aliphatic carbocycles. The van der Waals surface area contributed by atoms with Crippen molar-refractivity contribution in [3.63, 3.8) is 0 Å². The second kappa shape index (κ2) is 6.76. The minimum Gasteiger partial charge on any atom is -0.394 e. The van der Waals surface area contributed by atoms with E-state index in [4.69, 9.17) is 9.84 Å². The second-order valence-electron chi connectivity index (χ2n) is 3.74. The van der Waals surface area contributed by atoms with Gasteiger partial charge in [0.15, 0.2) is 0 Å². The Morgan fingerprint density at radius 1 is 1.53 bits per heavy atom. The van der Waals surface area contributed by atoms with Crippen molar-refractivity contribution in [1.29, 1.82) is 0 Å². The first kappa shape index (κ1) is 12.4. The number of ether oxygens (including phenoxy) is 1. The summed E-state index contributed by atoms with van der Waals surface area (Å²) in [6.45, 7) is 2.76. The number of likely N-dealkylation sites (tertiary alicyclic amines) is 1. The van der Waals surface area contributed by atoms with Crippen LogP contribution >= 0.6 is 0 Å². The number of piperidine rings is 1. The summed E-state index contributed by atoms with van der Waals surface area (Å²) in [5.41, 5.74) is 0. The van der Waals surface area contributed by atoms with Crippen molar-refractivity contribution < 1.29 is 14.6 Å². The van der Waals surface area contributed by atoms with E-state index in [1.54, 1.807) is 7.05 Å². The number of likely N-dealkylation sites (N-methyl/N-ethyl adjacent to an activating group) is 1. The van der Waals surface area contributed by atoms with Crippen LogP contribution in [0.1, 0.15) is 12.8 Å². The van der Waals surface area contributed by atoms with E-state index in [2.05, 4.69) is 10.2 Å². The van der Waals surface area contributed by atoms with Crippen molar-refractivity contribution in [1.82, 2.24) is 10.2 Å². The Kier molecular flexibility index (Phi) is 5.60. The van der Waals surface area contributed by atoms with E-state index in [0.29, 0.717) is 13.2 Å². The van der Waals surface area contributed by atoms with Crippen LogP contribution in [0.15, 0.2) is 0 Å². The molecule has 0 saturated carbocycles. The molecule has 5 heteroatoms. The van der Waals surface area contributed by atoms with E-state index in [9.17, 15) is 4.79 Å². The number of amides is 1. The van der Waals surface area contributed by atoms with Crippen molar-refractivity contribution in [3.8, 4) is 0 Å². The first-order valence-corrected chi connectivity index (χ1v) is 5.41. The summed E-state index contributed by atoms with van der Waals surface area (Å²) in [7, 11) is 1.65. The summed E-state index contributed by atoms with van der Waals surface area (Å²) in [5, 5.41) is 11.2. The highest BCUT2D eigenvalue weighted by Gasteiger charge is 2.20. The van der Waals surface area contributed by atoms with Gasteiger partial charge in [-0.05, 0) is 12.8 Å². The van der Waals surface area contributed by atoms with Crippen LogP contribution < -0.4 is 5.32 Å². The molecule has 2 N–H and O–H groups in total. The Morgan fingerprint density at radius 3 is 2.73 bits per heavy atom. The molecule has 0 radical (unpaired) electrons. The zero-order chi connectivity index (χ0) is 11.1. The molecule has 0 atom stereocenters. The van der Waals surface area contributed by atoms with Crippen molar-refractivity contribution in [2.75, 3.05) is 39.9 Å². The molecule has 0 bridgehead atoms. The maximum atomic E-state index is 11.1. The van der Waals surface area contributed by atoms with Gasteiger partial charge in [-0.2, -0.15) is 0 Å². The van der Waals surface area contributed by atoms with Crippen LogP contribution in [0.2, 0.25) is 0 Å². The monoisotopic (exact) mass is 216 g/mol. The Morgan fingerprint density at radius 2 is 2.20 bits per heavy atom. The molecule has 1 rings (SSSR count). The lowest BCUT2D eigenvalue weighted by Gasteiger charge is -2.31. The number of rotatable bonds is 5. The number of nitrogens with one attached hydrogen (secondary N) is 1. The van der Waals surface area contributed by atoms with E-state index in [1.165, 1.54) is 0 Å². The SMILES string of the molecule is CNC(=O)CN1CCC(OCCO)CC1. The van der Waals surface area contributed by atoms with Gasteiger partial charge in [-0.1, -0.05) is 0 Å². The number of carbonyl (C=O) groups excluding carboxylic acids is 1. The lowest BCUT2D eigenvalue weighted by Crippen LogP contribution is -2.42. The van der Waals surface area contributed by atoms with E-state index in [0.717, 1.165) is 25.9 Å². The van der Waals surface area contributed by atoms with Crippen molar-refractivity contribution in [2.24, 2.45) is 0 Å². The van der Waals surface area contributed by atoms with Crippen molar-refractivity contribution in [2.45, 2.75) is 18.9 Å². The summed E-state index contributed by atoms with van der Waals surface area (Å²) < 4.78 is 5.43. The molecule has 1 fully saturated rings. The van der Waals surface area contributed by atoms with E-state index in [1.807, 2.05) is 0 Å². The molecule has 1 saturated heterocycles. The summed E-state index contributed by atoms with van der Waals surface area (Å²) in [6.07, 6.45) is 2.13. The van der Waals surface area contributed by atoms with Gasteiger partial charge in [0.05, 0.1) is 25.9 Å². The smallest absolute Gasteiger partial charge is 0.233 e. The quantitative estimate of drug-likeness (QED) is 0.632. The van der Waals surface area contributed by atoms with Gasteiger partial charge >= 0.3 is 0 Å². The summed E-state index contributed by atoms with van der Waals surface area (Å²) in [6, 6.07) is 0. The van der Waals surface area contributed by atoms with Crippen LogP contribution in [0.5, 0.6) is 0 Å². The van der Waals surface area contributed by atoms with Crippen LogP contribution in [-0.4, -0.2) is 61.9 Å². The Balaban J connectivity index is 2.15. The minimum absolute atomic E-state index is 0.0599. The topological polar surface area (TPSA) is 61.8 Å². The van der Waals surface area contributed by atoms with Gasteiger partial charge in [0.25, 0.3) is 0 Å². The standard InChI is InChI=1S/C10H20N2O3/c1-11-10(14)8-12-4-2-9(3-5-12)15-7-6-13/h9,13H,2-8H2,1H3,(H,11,14). The average Bonchev–Trinajstić information content (AvgIpc) is 2.28. The first-order valence-electron chi connectivity index (χ1n) is 5.41. The molecule has 0 unspecified atom stereocenters. The lowest BCUT2D eigenvalue weighted by atomic mass is 10.1. The minimum atomic E-state index is 0.0599.